The molecule has 1 amide bonds. The summed E-state index contributed by atoms with van der Waals surface area (Å²) in [6, 6.07) is 0. The van der Waals surface area contributed by atoms with Crippen molar-refractivity contribution in [1.82, 2.24) is 4.90 Å². The summed E-state index contributed by atoms with van der Waals surface area (Å²) in [5, 5.41) is 0. The van der Waals surface area contributed by atoms with Crippen LogP contribution in [0.25, 0.3) is 0 Å². The van der Waals surface area contributed by atoms with Gasteiger partial charge in [-0.25, -0.2) is 0 Å². The van der Waals surface area contributed by atoms with Crippen molar-refractivity contribution >= 4 is 5.91 Å². The predicted molar refractivity (Wildman–Crippen MR) is 62.3 cm³/mol. The van der Waals surface area contributed by atoms with Crippen LogP contribution in [0.4, 0.5) is 0 Å². The standard InChI is InChI=1S/C12H23NO3/c1-4-8-16-9-11(14)13-7-5-6-12(2,10-13)15-3/h4-10H2,1-3H3. The van der Waals surface area contributed by atoms with E-state index < -0.39 is 0 Å². The zero-order valence-electron chi connectivity index (χ0n) is 10.6. The average Bonchev–Trinajstić information content (AvgIpc) is 2.29. The third kappa shape index (κ3) is 3.76. The topological polar surface area (TPSA) is 38.8 Å². The number of ether oxygens (including phenoxy) is 2. The number of hydrogen-bond acceptors (Lipinski definition) is 3. The molecule has 0 aromatic carbocycles. The van der Waals surface area contributed by atoms with Crippen LogP contribution < -0.4 is 0 Å². The van der Waals surface area contributed by atoms with Crippen LogP contribution in [0.1, 0.15) is 33.1 Å². The van der Waals surface area contributed by atoms with Crippen molar-refractivity contribution in [1.29, 1.82) is 0 Å². The summed E-state index contributed by atoms with van der Waals surface area (Å²) in [5.41, 5.74) is -0.182. The van der Waals surface area contributed by atoms with Crippen molar-refractivity contribution in [2.75, 3.05) is 33.4 Å². The Labute approximate surface area is 97.9 Å². The van der Waals surface area contributed by atoms with Crippen molar-refractivity contribution in [3.8, 4) is 0 Å². The molecule has 1 fully saturated rings. The lowest BCUT2D eigenvalue weighted by Gasteiger charge is -2.39. The van der Waals surface area contributed by atoms with Crippen LogP contribution in [0.5, 0.6) is 0 Å². The van der Waals surface area contributed by atoms with E-state index in [-0.39, 0.29) is 18.1 Å². The molecule has 0 bridgehead atoms. The minimum absolute atomic E-state index is 0.0800. The summed E-state index contributed by atoms with van der Waals surface area (Å²) < 4.78 is 10.7. The van der Waals surface area contributed by atoms with Gasteiger partial charge in [0.05, 0.1) is 5.60 Å². The molecule has 1 heterocycles. The smallest absolute Gasteiger partial charge is 0.248 e. The van der Waals surface area contributed by atoms with Crippen molar-refractivity contribution in [3.63, 3.8) is 0 Å². The van der Waals surface area contributed by atoms with E-state index >= 15 is 0 Å². The van der Waals surface area contributed by atoms with Gasteiger partial charge in [-0.05, 0) is 26.2 Å². The van der Waals surface area contributed by atoms with Crippen molar-refractivity contribution in [3.05, 3.63) is 0 Å². The lowest BCUT2D eigenvalue weighted by atomic mass is 9.95. The minimum atomic E-state index is -0.182. The summed E-state index contributed by atoms with van der Waals surface area (Å²) in [6.45, 7) is 6.45. The lowest BCUT2D eigenvalue weighted by Crippen LogP contribution is -2.50. The van der Waals surface area contributed by atoms with E-state index in [1.54, 1.807) is 7.11 Å². The minimum Gasteiger partial charge on any atom is -0.377 e. The fourth-order valence-corrected chi connectivity index (χ4v) is 1.98. The second kappa shape index (κ2) is 6.21. The number of nitrogens with zero attached hydrogens (tertiary/aromatic N) is 1. The number of hydrogen-bond donors (Lipinski definition) is 0. The van der Waals surface area contributed by atoms with Gasteiger partial charge in [-0.1, -0.05) is 6.92 Å². The monoisotopic (exact) mass is 229 g/mol. The van der Waals surface area contributed by atoms with Gasteiger partial charge in [0, 0.05) is 26.8 Å². The van der Waals surface area contributed by atoms with Gasteiger partial charge in [0.2, 0.25) is 5.91 Å². The molecule has 1 aliphatic heterocycles. The highest BCUT2D eigenvalue weighted by Gasteiger charge is 2.32. The summed E-state index contributed by atoms with van der Waals surface area (Å²) >= 11 is 0. The van der Waals surface area contributed by atoms with Gasteiger partial charge in [-0.15, -0.1) is 0 Å². The summed E-state index contributed by atoms with van der Waals surface area (Å²) in [4.78, 5) is 13.7. The Balaban J connectivity index is 2.38. The summed E-state index contributed by atoms with van der Waals surface area (Å²) in [6.07, 6.45) is 2.97. The second-order valence-corrected chi connectivity index (χ2v) is 4.63. The Morgan fingerprint density at radius 2 is 2.25 bits per heavy atom. The molecule has 0 radical (unpaired) electrons. The first-order valence-electron chi connectivity index (χ1n) is 6.02. The van der Waals surface area contributed by atoms with E-state index in [1.165, 1.54) is 0 Å². The number of rotatable bonds is 5. The molecule has 0 saturated carbocycles. The van der Waals surface area contributed by atoms with E-state index in [4.69, 9.17) is 9.47 Å². The molecule has 16 heavy (non-hydrogen) atoms. The fraction of sp³-hybridized carbons (Fsp3) is 0.917. The van der Waals surface area contributed by atoms with Crippen LogP contribution in [-0.4, -0.2) is 49.8 Å². The molecule has 0 N–H and O–H groups in total. The molecule has 4 heteroatoms. The highest BCUT2D eigenvalue weighted by atomic mass is 16.5. The number of likely N-dealkylation sites (tertiary alicyclic amines) is 1. The number of amides is 1. The molecule has 1 aliphatic rings. The molecule has 4 nitrogen and oxygen atoms in total. The molecule has 0 aliphatic carbocycles. The van der Waals surface area contributed by atoms with Gasteiger partial charge in [-0.3, -0.25) is 4.79 Å². The van der Waals surface area contributed by atoms with E-state index in [0.717, 1.165) is 25.8 Å². The molecule has 1 atom stereocenters. The highest BCUT2D eigenvalue weighted by Crippen LogP contribution is 2.23. The van der Waals surface area contributed by atoms with Crippen LogP contribution >= 0.6 is 0 Å². The SMILES string of the molecule is CCCOCC(=O)N1CCCC(C)(OC)C1. The van der Waals surface area contributed by atoms with Gasteiger partial charge in [0.25, 0.3) is 0 Å². The number of carbonyl (C=O) groups is 1. The Morgan fingerprint density at radius 3 is 2.88 bits per heavy atom. The molecule has 94 valence electrons. The van der Waals surface area contributed by atoms with Crippen molar-refractivity contribution in [2.24, 2.45) is 0 Å². The third-order valence-electron chi connectivity index (χ3n) is 3.08. The number of methoxy groups -OCH3 is 1. The van der Waals surface area contributed by atoms with Crippen LogP contribution in [0.3, 0.4) is 0 Å². The quantitative estimate of drug-likeness (QED) is 0.670. The van der Waals surface area contributed by atoms with Crippen LogP contribution in [0.15, 0.2) is 0 Å². The fourth-order valence-electron chi connectivity index (χ4n) is 1.98. The van der Waals surface area contributed by atoms with Gasteiger partial charge >= 0.3 is 0 Å². The van der Waals surface area contributed by atoms with Crippen LogP contribution in [0, 0.1) is 0 Å². The van der Waals surface area contributed by atoms with E-state index in [2.05, 4.69) is 6.92 Å². The zero-order chi connectivity index (χ0) is 12.0. The number of piperidine rings is 1. The highest BCUT2D eigenvalue weighted by molar-refractivity contribution is 5.77. The first kappa shape index (κ1) is 13.5. The lowest BCUT2D eigenvalue weighted by molar-refractivity contribution is -0.143. The Kier molecular flexibility index (Phi) is 5.22. The van der Waals surface area contributed by atoms with Crippen molar-refractivity contribution in [2.45, 2.75) is 38.7 Å². The average molecular weight is 229 g/mol. The Hall–Kier alpha value is -0.610. The predicted octanol–water partition coefficient (Wildman–Crippen LogP) is 1.44. The van der Waals surface area contributed by atoms with Crippen LogP contribution in [-0.2, 0) is 14.3 Å². The molecule has 1 unspecified atom stereocenters. The first-order chi connectivity index (χ1) is 7.61. The van der Waals surface area contributed by atoms with Gasteiger partial charge < -0.3 is 14.4 Å². The van der Waals surface area contributed by atoms with E-state index in [1.807, 2.05) is 11.8 Å². The maximum Gasteiger partial charge on any atom is 0.248 e. The molecular formula is C12H23NO3. The molecular weight excluding hydrogens is 206 g/mol. The Morgan fingerprint density at radius 1 is 1.50 bits per heavy atom. The summed E-state index contributed by atoms with van der Waals surface area (Å²) in [7, 11) is 1.71. The maximum absolute atomic E-state index is 11.8. The first-order valence-corrected chi connectivity index (χ1v) is 6.02. The molecule has 0 aromatic heterocycles. The maximum atomic E-state index is 11.8. The van der Waals surface area contributed by atoms with Crippen LogP contribution in [0.2, 0.25) is 0 Å². The van der Waals surface area contributed by atoms with Gasteiger partial charge in [-0.2, -0.15) is 0 Å². The zero-order valence-corrected chi connectivity index (χ0v) is 10.6. The van der Waals surface area contributed by atoms with Gasteiger partial charge in [0.1, 0.15) is 6.61 Å². The third-order valence-corrected chi connectivity index (χ3v) is 3.08. The molecule has 0 spiro atoms. The number of carbonyl (C=O) groups excluding carboxylic acids is 1. The second-order valence-electron chi connectivity index (χ2n) is 4.63. The van der Waals surface area contributed by atoms with E-state index in [0.29, 0.717) is 13.2 Å². The largest absolute Gasteiger partial charge is 0.377 e. The summed E-state index contributed by atoms with van der Waals surface area (Å²) in [5.74, 6) is 0.0800. The molecule has 1 rings (SSSR count). The molecule has 1 saturated heterocycles. The Bertz CT molecular complexity index is 232. The van der Waals surface area contributed by atoms with Gasteiger partial charge in [0.15, 0.2) is 0 Å². The van der Waals surface area contributed by atoms with E-state index in [9.17, 15) is 4.79 Å². The normalized spacial score (nSPS) is 25.8. The molecule has 0 aromatic rings. The van der Waals surface area contributed by atoms with Crippen molar-refractivity contribution < 1.29 is 14.3 Å².